The zero-order chi connectivity index (χ0) is 14.8. The summed E-state index contributed by atoms with van der Waals surface area (Å²) in [7, 11) is 4.32. The van der Waals surface area contributed by atoms with Gasteiger partial charge >= 0.3 is 0 Å². The summed E-state index contributed by atoms with van der Waals surface area (Å²) < 4.78 is 0. The van der Waals surface area contributed by atoms with Crippen molar-refractivity contribution in [2.45, 2.75) is 25.5 Å². The van der Waals surface area contributed by atoms with Gasteiger partial charge in [-0.3, -0.25) is 4.98 Å². The van der Waals surface area contributed by atoms with Crippen LogP contribution in [0.25, 0.3) is 10.9 Å². The fourth-order valence-corrected chi connectivity index (χ4v) is 3.18. The molecule has 0 radical (unpaired) electrons. The van der Waals surface area contributed by atoms with Gasteiger partial charge in [0, 0.05) is 30.2 Å². The molecule has 2 aromatic rings. The maximum absolute atomic E-state index is 9.45. The third-order valence-corrected chi connectivity index (χ3v) is 4.44. The number of aliphatic hydroxyl groups excluding tert-OH is 1. The number of pyridine rings is 1. The Balaban J connectivity index is 1.93. The topological polar surface area (TPSA) is 39.6 Å². The van der Waals surface area contributed by atoms with Crippen molar-refractivity contribution in [3.05, 3.63) is 36.0 Å². The molecule has 2 heterocycles. The van der Waals surface area contributed by atoms with Gasteiger partial charge in [0.1, 0.15) is 0 Å². The largest absolute Gasteiger partial charge is 0.390 e. The van der Waals surface area contributed by atoms with Crippen molar-refractivity contribution in [3.8, 4) is 0 Å². The first-order chi connectivity index (χ1) is 10.2. The highest BCUT2D eigenvalue weighted by atomic mass is 16.3. The van der Waals surface area contributed by atoms with Gasteiger partial charge in [0.05, 0.1) is 17.8 Å². The molecule has 0 atom stereocenters. The molecule has 112 valence electrons. The predicted molar refractivity (Wildman–Crippen MR) is 86.6 cm³/mol. The minimum Gasteiger partial charge on any atom is -0.390 e. The van der Waals surface area contributed by atoms with Crippen LogP contribution in [-0.4, -0.2) is 48.2 Å². The highest BCUT2D eigenvalue weighted by Gasteiger charge is 2.22. The second-order valence-electron chi connectivity index (χ2n) is 5.99. The van der Waals surface area contributed by atoms with E-state index in [0.29, 0.717) is 6.04 Å². The summed E-state index contributed by atoms with van der Waals surface area (Å²) in [5, 5.41) is 10.6. The summed E-state index contributed by atoms with van der Waals surface area (Å²) in [6.45, 7) is 2.11. The minimum atomic E-state index is -0.00794. The number of fused-ring (bicyclic) bond motifs is 1. The van der Waals surface area contributed by atoms with E-state index in [1.54, 1.807) is 0 Å². The monoisotopic (exact) mass is 285 g/mol. The molecule has 0 bridgehead atoms. The number of hydrogen-bond acceptors (Lipinski definition) is 4. The van der Waals surface area contributed by atoms with Gasteiger partial charge in [0.2, 0.25) is 0 Å². The Morgan fingerprint density at radius 2 is 1.95 bits per heavy atom. The molecule has 21 heavy (non-hydrogen) atoms. The molecule has 4 heteroatoms. The van der Waals surface area contributed by atoms with Crippen LogP contribution < -0.4 is 4.90 Å². The molecule has 1 aromatic heterocycles. The zero-order valence-electron chi connectivity index (χ0n) is 12.8. The van der Waals surface area contributed by atoms with Crippen molar-refractivity contribution in [3.63, 3.8) is 0 Å². The zero-order valence-corrected chi connectivity index (χ0v) is 12.8. The fraction of sp³-hybridized carbons (Fsp3) is 0.471. The summed E-state index contributed by atoms with van der Waals surface area (Å²) in [5.41, 5.74) is 2.93. The van der Waals surface area contributed by atoms with Crippen molar-refractivity contribution < 1.29 is 5.11 Å². The molecular formula is C17H23N3O. The number of anilines is 1. The van der Waals surface area contributed by atoms with Crippen LogP contribution in [0.4, 0.5) is 5.69 Å². The van der Waals surface area contributed by atoms with Crippen LogP contribution in [-0.2, 0) is 6.61 Å². The molecule has 0 amide bonds. The van der Waals surface area contributed by atoms with Crippen molar-refractivity contribution in [1.29, 1.82) is 0 Å². The lowest BCUT2D eigenvalue weighted by Gasteiger charge is -2.37. The van der Waals surface area contributed by atoms with Gasteiger partial charge in [-0.05, 0) is 39.1 Å². The minimum absolute atomic E-state index is 0.00794. The van der Waals surface area contributed by atoms with Crippen LogP contribution >= 0.6 is 0 Å². The molecule has 1 aliphatic rings. The summed E-state index contributed by atoms with van der Waals surface area (Å²) in [4.78, 5) is 9.26. The third-order valence-electron chi connectivity index (χ3n) is 4.44. The Bertz CT molecular complexity index is 618. The standard InChI is InChI=1S/C17H23N3O/c1-19(2)14-7-9-20(10-8-14)17-11-13(12-21)18-16-6-4-3-5-15(16)17/h3-6,11,14,21H,7-10,12H2,1-2H3. The molecule has 1 N–H and O–H groups in total. The first kappa shape index (κ1) is 14.3. The Labute approximate surface area is 126 Å². The maximum atomic E-state index is 9.45. The van der Waals surface area contributed by atoms with E-state index >= 15 is 0 Å². The molecule has 4 nitrogen and oxygen atoms in total. The smallest absolute Gasteiger partial charge is 0.0854 e. The lowest BCUT2D eigenvalue weighted by molar-refractivity contribution is 0.249. The van der Waals surface area contributed by atoms with Gasteiger partial charge < -0.3 is 14.9 Å². The van der Waals surface area contributed by atoms with E-state index in [-0.39, 0.29) is 6.61 Å². The summed E-state index contributed by atoms with van der Waals surface area (Å²) in [5.74, 6) is 0. The first-order valence-electron chi connectivity index (χ1n) is 7.60. The molecular weight excluding hydrogens is 262 g/mol. The molecule has 1 aromatic carbocycles. The molecule has 0 spiro atoms. The predicted octanol–water partition coefficient (Wildman–Crippen LogP) is 2.26. The molecule has 1 aliphatic heterocycles. The van der Waals surface area contributed by atoms with E-state index in [2.05, 4.69) is 41.0 Å². The van der Waals surface area contributed by atoms with Crippen molar-refractivity contribution in [2.75, 3.05) is 32.1 Å². The van der Waals surface area contributed by atoms with Crippen LogP contribution in [0.5, 0.6) is 0 Å². The number of rotatable bonds is 3. The Morgan fingerprint density at radius 3 is 2.62 bits per heavy atom. The van der Waals surface area contributed by atoms with Crippen LogP contribution in [0.3, 0.4) is 0 Å². The van der Waals surface area contributed by atoms with Gasteiger partial charge in [0.15, 0.2) is 0 Å². The Hall–Kier alpha value is -1.65. The highest BCUT2D eigenvalue weighted by molar-refractivity contribution is 5.92. The summed E-state index contributed by atoms with van der Waals surface area (Å²) in [6, 6.07) is 10.9. The Kier molecular flexibility index (Phi) is 4.08. The van der Waals surface area contributed by atoms with E-state index in [4.69, 9.17) is 0 Å². The number of aliphatic hydroxyl groups is 1. The van der Waals surface area contributed by atoms with E-state index in [1.807, 2.05) is 18.2 Å². The fourth-order valence-electron chi connectivity index (χ4n) is 3.18. The Morgan fingerprint density at radius 1 is 1.24 bits per heavy atom. The van der Waals surface area contributed by atoms with Crippen LogP contribution in [0, 0.1) is 0 Å². The van der Waals surface area contributed by atoms with E-state index < -0.39 is 0 Å². The number of aromatic nitrogens is 1. The molecule has 1 fully saturated rings. The van der Waals surface area contributed by atoms with E-state index in [9.17, 15) is 5.11 Å². The average Bonchev–Trinajstić information content (AvgIpc) is 2.53. The molecule has 1 saturated heterocycles. The second kappa shape index (κ2) is 6.00. The molecule has 0 saturated carbocycles. The number of piperidine rings is 1. The van der Waals surface area contributed by atoms with Gasteiger partial charge in [-0.25, -0.2) is 0 Å². The summed E-state index contributed by atoms with van der Waals surface area (Å²) in [6.07, 6.45) is 2.36. The molecule has 3 rings (SSSR count). The molecule has 0 unspecified atom stereocenters. The lowest BCUT2D eigenvalue weighted by Crippen LogP contribution is -2.42. The highest BCUT2D eigenvalue weighted by Crippen LogP contribution is 2.29. The van der Waals surface area contributed by atoms with Crippen LogP contribution in [0.2, 0.25) is 0 Å². The quantitative estimate of drug-likeness (QED) is 0.939. The van der Waals surface area contributed by atoms with E-state index in [0.717, 1.165) is 24.3 Å². The van der Waals surface area contributed by atoms with Gasteiger partial charge in [0.25, 0.3) is 0 Å². The number of para-hydroxylation sites is 1. The van der Waals surface area contributed by atoms with Crippen molar-refractivity contribution >= 4 is 16.6 Å². The summed E-state index contributed by atoms with van der Waals surface area (Å²) >= 11 is 0. The normalized spacial score (nSPS) is 16.9. The average molecular weight is 285 g/mol. The van der Waals surface area contributed by atoms with Crippen LogP contribution in [0.1, 0.15) is 18.5 Å². The number of nitrogens with zero attached hydrogens (tertiary/aromatic N) is 3. The SMILES string of the molecule is CN(C)C1CCN(c2cc(CO)nc3ccccc23)CC1. The van der Waals surface area contributed by atoms with Crippen molar-refractivity contribution in [1.82, 2.24) is 9.88 Å². The van der Waals surface area contributed by atoms with Gasteiger partial charge in [-0.2, -0.15) is 0 Å². The second-order valence-corrected chi connectivity index (χ2v) is 5.99. The lowest BCUT2D eigenvalue weighted by atomic mass is 10.0. The van der Waals surface area contributed by atoms with E-state index in [1.165, 1.54) is 23.9 Å². The number of hydrogen-bond donors (Lipinski definition) is 1. The number of benzene rings is 1. The first-order valence-corrected chi connectivity index (χ1v) is 7.60. The third kappa shape index (κ3) is 2.87. The molecule has 0 aliphatic carbocycles. The van der Waals surface area contributed by atoms with Crippen LogP contribution in [0.15, 0.2) is 30.3 Å². The maximum Gasteiger partial charge on any atom is 0.0854 e. The van der Waals surface area contributed by atoms with Gasteiger partial charge in [-0.1, -0.05) is 18.2 Å². The van der Waals surface area contributed by atoms with Crippen molar-refractivity contribution in [2.24, 2.45) is 0 Å². The van der Waals surface area contributed by atoms with Gasteiger partial charge in [-0.15, -0.1) is 0 Å².